The maximum Gasteiger partial charge on any atom is 0.311 e. The number of hydrogen-bond acceptors (Lipinski definition) is 5. The third kappa shape index (κ3) is 2.83. The summed E-state index contributed by atoms with van der Waals surface area (Å²) < 4.78 is 1.25. The Morgan fingerprint density at radius 1 is 1.33 bits per heavy atom. The van der Waals surface area contributed by atoms with Crippen molar-refractivity contribution in [2.24, 2.45) is 5.41 Å². The summed E-state index contributed by atoms with van der Waals surface area (Å²) in [5.41, 5.74) is -0.688. The van der Waals surface area contributed by atoms with E-state index in [0.29, 0.717) is 12.8 Å². The predicted molar refractivity (Wildman–Crippen MR) is 81.9 cm³/mol. The van der Waals surface area contributed by atoms with Crippen molar-refractivity contribution >= 4 is 17.6 Å². The molecule has 1 aromatic heterocycles. The van der Waals surface area contributed by atoms with Gasteiger partial charge in [-0.1, -0.05) is 12.1 Å². The lowest BCUT2D eigenvalue weighted by atomic mass is 10.1. The highest BCUT2D eigenvalue weighted by molar-refractivity contribution is 5.92. The minimum Gasteiger partial charge on any atom is -0.481 e. The predicted octanol–water partition coefficient (Wildman–Crippen LogP) is 1.38. The maximum atomic E-state index is 12.1. The molecule has 1 heterocycles. The van der Waals surface area contributed by atoms with Gasteiger partial charge in [-0.3, -0.25) is 19.7 Å². The van der Waals surface area contributed by atoms with Crippen molar-refractivity contribution in [2.45, 2.75) is 12.8 Å². The molecule has 1 aromatic carbocycles. The van der Waals surface area contributed by atoms with Crippen molar-refractivity contribution in [2.75, 3.05) is 6.54 Å². The number of aromatic nitrogens is 2. The highest BCUT2D eigenvalue weighted by Gasteiger charge is 2.50. The minimum absolute atomic E-state index is 0.0412. The van der Waals surface area contributed by atoms with E-state index in [9.17, 15) is 19.7 Å². The van der Waals surface area contributed by atoms with E-state index >= 15 is 0 Å². The molecule has 9 nitrogen and oxygen atoms in total. The third-order valence-electron chi connectivity index (χ3n) is 4.04. The Bertz CT molecular complexity index is 825. The van der Waals surface area contributed by atoms with Crippen LogP contribution < -0.4 is 5.32 Å². The summed E-state index contributed by atoms with van der Waals surface area (Å²) in [5.74, 6) is -1.44. The smallest absolute Gasteiger partial charge is 0.311 e. The minimum atomic E-state index is -0.923. The first-order valence-corrected chi connectivity index (χ1v) is 7.24. The van der Waals surface area contributed by atoms with Crippen LogP contribution in [0, 0.1) is 15.5 Å². The summed E-state index contributed by atoms with van der Waals surface area (Å²) in [4.78, 5) is 33.7. The standard InChI is InChI=1S/C15H14N4O5/c20-13(16-9-15(6-7-15)14(21)22)10-5-8-18(17-10)11-3-1-2-4-12(11)19(23)24/h1-5,8H,6-7,9H2,(H,16,20)(H,21,22). The number of rotatable bonds is 6. The molecule has 124 valence electrons. The zero-order valence-corrected chi connectivity index (χ0v) is 12.5. The third-order valence-corrected chi connectivity index (χ3v) is 4.04. The molecule has 0 saturated heterocycles. The van der Waals surface area contributed by atoms with Gasteiger partial charge in [-0.2, -0.15) is 5.10 Å². The number of hydrogen-bond donors (Lipinski definition) is 2. The van der Waals surface area contributed by atoms with Crippen molar-refractivity contribution < 1.29 is 19.6 Å². The summed E-state index contributed by atoms with van der Waals surface area (Å²) >= 11 is 0. The van der Waals surface area contributed by atoms with E-state index in [1.165, 1.54) is 29.1 Å². The number of nitrogens with zero attached hydrogens (tertiary/aromatic N) is 3. The second-order valence-corrected chi connectivity index (χ2v) is 5.66. The molecule has 2 N–H and O–H groups in total. The normalized spacial score (nSPS) is 14.8. The number of carboxylic acid groups (broad SMARTS) is 1. The molecule has 0 aliphatic heterocycles. The number of nitrogens with one attached hydrogen (secondary N) is 1. The molecule has 0 bridgehead atoms. The van der Waals surface area contributed by atoms with E-state index < -0.39 is 22.2 Å². The van der Waals surface area contributed by atoms with Crippen molar-refractivity contribution in [1.82, 2.24) is 15.1 Å². The molecular weight excluding hydrogens is 316 g/mol. The van der Waals surface area contributed by atoms with Crippen LogP contribution in [0.2, 0.25) is 0 Å². The van der Waals surface area contributed by atoms with E-state index in [2.05, 4.69) is 10.4 Å². The molecule has 24 heavy (non-hydrogen) atoms. The van der Waals surface area contributed by atoms with Gasteiger partial charge in [-0.05, 0) is 25.0 Å². The van der Waals surface area contributed by atoms with Gasteiger partial charge in [-0.15, -0.1) is 0 Å². The van der Waals surface area contributed by atoms with E-state index in [1.54, 1.807) is 12.1 Å². The second-order valence-electron chi connectivity index (χ2n) is 5.66. The topological polar surface area (TPSA) is 127 Å². The summed E-state index contributed by atoms with van der Waals surface area (Å²) in [6.45, 7) is 0.0412. The number of carbonyl (C=O) groups is 2. The summed E-state index contributed by atoms with van der Waals surface area (Å²) in [6.07, 6.45) is 2.52. The van der Waals surface area contributed by atoms with Gasteiger partial charge >= 0.3 is 5.97 Å². The van der Waals surface area contributed by atoms with Crippen LogP contribution in [0.25, 0.3) is 5.69 Å². The number of aliphatic carboxylic acids is 1. The van der Waals surface area contributed by atoms with Crippen LogP contribution in [0.3, 0.4) is 0 Å². The van der Waals surface area contributed by atoms with Crippen molar-refractivity contribution in [3.8, 4) is 5.69 Å². The van der Waals surface area contributed by atoms with Crippen molar-refractivity contribution in [3.05, 3.63) is 52.3 Å². The van der Waals surface area contributed by atoms with E-state index in [-0.39, 0.29) is 23.6 Å². The van der Waals surface area contributed by atoms with Gasteiger partial charge in [0.1, 0.15) is 5.69 Å². The Labute approximate surface area is 136 Å². The van der Waals surface area contributed by atoms with Gasteiger partial charge in [0, 0.05) is 18.8 Å². The van der Waals surface area contributed by atoms with Crippen LogP contribution in [0.15, 0.2) is 36.5 Å². The van der Waals surface area contributed by atoms with Crippen LogP contribution in [0.1, 0.15) is 23.3 Å². The second kappa shape index (κ2) is 5.76. The Balaban J connectivity index is 1.75. The molecular formula is C15H14N4O5. The van der Waals surface area contributed by atoms with Gasteiger partial charge in [0.05, 0.1) is 10.3 Å². The molecule has 1 fully saturated rings. The van der Waals surface area contributed by atoms with Crippen LogP contribution >= 0.6 is 0 Å². The summed E-state index contributed by atoms with van der Waals surface area (Å²) in [5, 5.41) is 26.7. The molecule has 1 aliphatic rings. The van der Waals surface area contributed by atoms with Gasteiger partial charge in [0.2, 0.25) is 0 Å². The Morgan fingerprint density at radius 3 is 2.67 bits per heavy atom. The molecule has 0 atom stereocenters. The Kier molecular flexibility index (Phi) is 3.76. The largest absolute Gasteiger partial charge is 0.481 e. The number of benzene rings is 1. The number of carbonyl (C=O) groups excluding carboxylic acids is 1. The van der Waals surface area contributed by atoms with Gasteiger partial charge in [-0.25, -0.2) is 4.68 Å². The lowest BCUT2D eigenvalue weighted by Gasteiger charge is -2.09. The molecule has 9 heteroatoms. The van der Waals surface area contributed by atoms with Crippen LogP contribution in [-0.2, 0) is 4.79 Å². The molecule has 1 amide bonds. The first-order chi connectivity index (χ1) is 11.4. The van der Waals surface area contributed by atoms with Crippen LogP contribution in [-0.4, -0.2) is 38.2 Å². The quantitative estimate of drug-likeness (QED) is 0.608. The lowest BCUT2D eigenvalue weighted by Crippen LogP contribution is -2.34. The van der Waals surface area contributed by atoms with Crippen LogP contribution in [0.5, 0.6) is 0 Å². The first-order valence-electron chi connectivity index (χ1n) is 7.24. The van der Waals surface area contributed by atoms with E-state index in [1.807, 2.05) is 0 Å². The molecule has 2 aromatic rings. The maximum absolute atomic E-state index is 12.1. The van der Waals surface area contributed by atoms with Crippen molar-refractivity contribution in [1.29, 1.82) is 0 Å². The summed E-state index contributed by atoms with van der Waals surface area (Å²) in [7, 11) is 0. The van der Waals surface area contributed by atoms with Crippen LogP contribution in [0.4, 0.5) is 5.69 Å². The number of carboxylic acids is 1. The zero-order valence-electron chi connectivity index (χ0n) is 12.5. The highest BCUT2D eigenvalue weighted by Crippen LogP contribution is 2.45. The fraction of sp³-hybridized carbons (Fsp3) is 0.267. The molecule has 0 spiro atoms. The van der Waals surface area contributed by atoms with E-state index in [4.69, 9.17) is 5.11 Å². The zero-order chi connectivity index (χ0) is 17.3. The average Bonchev–Trinajstić information content (AvgIpc) is 3.21. The fourth-order valence-electron chi connectivity index (χ4n) is 2.35. The van der Waals surface area contributed by atoms with Crippen molar-refractivity contribution in [3.63, 3.8) is 0 Å². The number of nitro benzene ring substituents is 1. The number of para-hydroxylation sites is 2. The first kappa shape index (κ1) is 15.7. The van der Waals surface area contributed by atoms with Gasteiger partial charge < -0.3 is 10.4 Å². The molecule has 3 rings (SSSR count). The van der Waals surface area contributed by atoms with Gasteiger partial charge in [0.25, 0.3) is 11.6 Å². The Morgan fingerprint density at radius 2 is 2.04 bits per heavy atom. The lowest BCUT2D eigenvalue weighted by molar-refractivity contribution is -0.384. The highest BCUT2D eigenvalue weighted by atomic mass is 16.6. The molecule has 0 radical (unpaired) electrons. The number of amides is 1. The number of nitro groups is 1. The van der Waals surface area contributed by atoms with E-state index in [0.717, 1.165) is 0 Å². The summed E-state index contributed by atoms with van der Waals surface area (Å²) in [6, 6.07) is 7.47. The monoisotopic (exact) mass is 330 g/mol. The molecule has 0 unspecified atom stereocenters. The molecule has 1 saturated carbocycles. The average molecular weight is 330 g/mol. The fourth-order valence-corrected chi connectivity index (χ4v) is 2.35. The molecule has 1 aliphatic carbocycles. The Hall–Kier alpha value is -3.23. The van der Waals surface area contributed by atoms with Gasteiger partial charge in [0.15, 0.2) is 5.69 Å². The SMILES string of the molecule is O=C(NCC1(C(=O)O)CC1)c1ccn(-c2ccccc2[N+](=O)[O-])n1.